The van der Waals surface area contributed by atoms with Gasteiger partial charge in [-0.1, -0.05) is 26.8 Å². The van der Waals surface area contributed by atoms with Gasteiger partial charge in [-0.25, -0.2) is 4.98 Å². The van der Waals surface area contributed by atoms with Crippen molar-refractivity contribution >= 4 is 17.1 Å². The second-order valence-electron chi connectivity index (χ2n) is 5.67. The summed E-state index contributed by atoms with van der Waals surface area (Å²) in [7, 11) is 1.41. The molecule has 4 heteroatoms. The van der Waals surface area contributed by atoms with Gasteiger partial charge in [0.2, 0.25) is 0 Å². The van der Waals surface area contributed by atoms with Crippen molar-refractivity contribution in [2.75, 3.05) is 7.11 Å². The van der Waals surface area contributed by atoms with Crippen LogP contribution in [-0.4, -0.2) is 18.1 Å². The lowest BCUT2D eigenvalue weighted by Crippen LogP contribution is -2.12. The minimum absolute atomic E-state index is 0.0287. The van der Waals surface area contributed by atoms with Crippen molar-refractivity contribution in [1.29, 1.82) is 0 Å². The summed E-state index contributed by atoms with van der Waals surface area (Å²) in [5, 5.41) is 0. The molecule has 0 aliphatic rings. The van der Waals surface area contributed by atoms with E-state index in [2.05, 4.69) is 36.6 Å². The van der Waals surface area contributed by atoms with Crippen molar-refractivity contribution in [2.24, 2.45) is 0 Å². The molecular formula is C15H19NO3. The highest BCUT2D eigenvalue weighted by Crippen LogP contribution is 2.31. The van der Waals surface area contributed by atoms with Gasteiger partial charge in [-0.2, -0.15) is 0 Å². The maximum Gasteiger partial charge on any atom is 0.305 e. The molecule has 0 amide bonds. The highest BCUT2D eigenvalue weighted by molar-refractivity contribution is 5.78. The second kappa shape index (κ2) is 5.03. The molecule has 0 aliphatic heterocycles. The van der Waals surface area contributed by atoms with E-state index in [0.717, 1.165) is 22.2 Å². The fraction of sp³-hybridized carbons (Fsp3) is 0.467. The van der Waals surface area contributed by atoms with Gasteiger partial charge in [0.15, 0.2) is 12.0 Å². The molecule has 0 fully saturated rings. The molecule has 19 heavy (non-hydrogen) atoms. The molecule has 0 bridgehead atoms. The van der Waals surface area contributed by atoms with Gasteiger partial charge in [0.05, 0.1) is 7.11 Å². The fourth-order valence-corrected chi connectivity index (χ4v) is 2.08. The molecule has 2 aromatic rings. The number of nitrogens with zero attached hydrogens (tertiary/aromatic N) is 1. The Hall–Kier alpha value is -1.84. The number of carbonyl (C=O) groups is 1. The third-order valence-electron chi connectivity index (χ3n) is 3.14. The van der Waals surface area contributed by atoms with Crippen molar-refractivity contribution in [3.8, 4) is 0 Å². The monoisotopic (exact) mass is 261 g/mol. The van der Waals surface area contributed by atoms with Crippen LogP contribution in [0.25, 0.3) is 11.1 Å². The van der Waals surface area contributed by atoms with Gasteiger partial charge >= 0.3 is 5.97 Å². The van der Waals surface area contributed by atoms with Crippen LogP contribution < -0.4 is 0 Å². The molecule has 102 valence electrons. The third-order valence-corrected chi connectivity index (χ3v) is 3.14. The molecule has 0 spiro atoms. The van der Waals surface area contributed by atoms with Gasteiger partial charge < -0.3 is 9.15 Å². The number of ether oxygens (including phenoxy) is 1. The zero-order valence-electron chi connectivity index (χ0n) is 11.8. The Bertz CT molecular complexity index is 593. The molecule has 1 aromatic heterocycles. The van der Waals surface area contributed by atoms with Crippen molar-refractivity contribution in [3.05, 3.63) is 29.7 Å². The van der Waals surface area contributed by atoms with E-state index in [1.165, 1.54) is 13.5 Å². The Kier molecular flexibility index (Phi) is 3.60. The fourth-order valence-electron chi connectivity index (χ4n) is 2.08. The van der Waals surface area contributed by atoms with Crippen LogP contribution in [0.3, 0.4) is 0 Å². The minimum Gasteiger partial charge on any atom is -0.469 e. The maximum atomic E-state index is 11.2. The number of aryl methyl sites for hydroxylation is 1. The summed E-state index contributed by atoms with van der Waals surface area (Å²) in [6, 6.07) is 4.06. The van der Waals surface area contributed by atoms with E-state index in [4.69, 9.17) is 4.42 Å². The zero-order chi connectivity index (χ0) is 14.0. The lowest BCUT2D eigenvalue weighted by atomic mass is 9.85. The van der Waals surface area contributed by atoms with E-state index in [-0.39, 0.29) is 11.4 Å². The summed E-state index contributed by atoms with van der Waals surface area (Å²) in [6.45, 7) is 6.40. The summed E-state index contributed by atoms with van der Waals surface area (Å²) < 4.78 is 10.1. The predicted octanol–water partition coefficient (Wildman–Crippen LogP) is 3.23. The predicted molar refractivity (Wildman–Crippen MR) is 73.0 cm³/mol. The van der Waals surface area contributed by atoms with Crippen LogP contribution in [0.15, 0.2) is 22.9 Å². The number of carbonyl (C=O) groups excluding carboxylic acids is 1. The van der Waals surface area contributed by atoms with Gasteiger partial charge in [0, 0.05) is 12.0 Å². The van der Waals surface area contributed by atoms with Gasteiger partial charge in [-0.15, -0.1) is 0 Å². The first-order valence-corrected chi connectivity index (χ1v) is 6.35. The first kappa shape index (κ1) is 13.6. The van der Waals surface area contributed by atoms with Crippen LogP contribution in [0.5, 0.6) is 0 Å². The number of hydrogen-bond acceptors (Lipinski definition) is 4. The highest BCUT2D eigenvalue weighted by Gasteiger charge is 2.20. The SMILES string of the molecule is COC(=O)CCc1cc(C(C)(C)C)c2ocnc2c1. The average molecular weight is 261 g/mol. The summed E-state index contributed by atoms with van der Waals surface area (Å²) in [6.07, 6.45) is 2.49. The average Bonchev–Trinajstić information content (AvgIpc) is 2.81. The van der Waals surface area contributed by atoms with Crippen LogP contribution in [0.1, 0.15) is 38.3 Å². The number of oxazole rings is 1. The van der Waals surface area contributed by atoms with E-state index < -0.39 is 0 Å². The number of methoxy groups -OCH3 is 1. The number of fused-ring (bicyclic) bond motifs is 1. The smallest absolute Gasteiger partial charge is 0.305 e. The molecular weight excluding hydrogens is 242 g/mol. The molecule has 0 unspecified atom stereocenters. The Morgan fingerprint density at radius 1 is 1.37 bits per heavy atom. The van der Waals surface area contributed by atoms with E-state index in [0.29, 0.717) is 12.8 Å². The standard InChI is InChI=1S/C15H19NO3/c1-15(2,3)11-7-10(5-6-13(17)18-4)8-12-14(11)19-9-16-12/h7-9H,5-6H2,1-4H3. The number of rotatable bonds is 3. The van der Waals surface area contributed by atoms with Crippen molar-refractivity contribution < 1.29 is 13.9 Å². The molecule has 0 saturated heterocycles. The van der Waals surface area contributed by atoms with Crippen molar-refractivity contribution in [2.45, 2.75) is 39.0 Å². The van der Waals surface area contributed by atoms with Crippen LogP contribution in [0, 0.1) is 0 Å². The van der Waals surface area contributed by atoms with Gasteiger partial charge in [0.25, 0.3) is 0 Å². The first-order valence-electron chi connectivity index (χ1n) is 6.35. The number of aromatic nitrogens is 1. The van der Waals surface area contributed by atoms with Crippen LogP contribution >= 0.6 is 0 Å². The van der Waals surface area contributed by atoms with E-state index in [1.807, 2.05) is 6.07 Å². The van der Waals surface area contributed by atoms with Gasteiger partial charge in [-0.3, -0.25) is 4.79 Å². The quantitative estimate of drug-likeness (QED) is 0.796. The maximum absolute atomic E-state index is 11.2. The Morgan fingerprint density at radius 3 is 2.74 bits per heavy atom. The molecule has 1 heterocycles. The van der Waals surface area contributed by atoms with E-state index in [9.17, 15) is 4.79 Å². The van der Waals surface area contributed by atoms with E-state index in [1.54, 1.807) is 0 Å². The van der Waals surface area contributed by atoms with E-state index >= 15 is 0 Å². The number of benzene rings is 1. The molecule has 2 rings (SSSR count). The molecule has 4 nitrogen and oxygen atoms in total. The third kappa shape index (κ3) is 2.95. The summed E-state index contributed by atoms with van der Waals surface area (Å²) >= 11 is 0. The van der Waals surface area contributed by atoms with Crippen molar-refractivity contribution in [3.63, 3.8) is 0 Å². The van der Waals surface area contributed by atoms with Gasteiger partial charge in [0.1, 0.15) is 5.52 Å². The number of esters is 1. The molecule has 0 N–H and O–H groups in total. The molecule has 1 aromatic carbocycles. The van der Waals surface area contributed by atoms with Crippen molar-refractivity contribution in [1.82, 2.24) is 4.98 Å². The summed E-state index contributed by atoms with van der Waals surface area (Å²) in [5.74, 6) is -0.197. The molecule has 0 atom stereocenters. The Morgan fingerprint density at radius 2 is 2.11 bits per heavy atom. The highest BCUT2D eigenvalue weighted by atomic mass is 16.5. The summed E-state index contributed by atoms with van der Waals surface area (Å²) in [4.78, 5) is 15.4. The molecule has 0 aliphatic carbocycles. The van der Waals surface area contributed by atoms with Crippen LogP contribution in [0.4, 0.5) is 0 Å². The topological polar surface area (TPSA) is 52.3 Å². The zero-order valence-corrected chi connectivity index (χ0v) is 11.8. The molecule has 0 radical (unpaired) electrons. The minimum atomic E-state index is -0.197. The second-order valence-corrected chi connectivity index (χ2v) is 5.67. The lowest BCUT2D eigenvalue weighted by Gasteiger charge is -2.20. The largest absolute Gasteiger partial charge is 0.469 e. The molecule has 0 saturated carbocycles. The lowest BCUT2D eigenvalue weighted by molar-refractivity contribution is -0.140. The first-order chi connectivity index (χ1) is 8.91. The van der Waals surface area contributed by atoms with Crippen LogP contribution in [0.2, 0.25) is 0 Å². The normalized spacial score (nSPS) is 11.8. The van der Waals surface area contributed by atoms with Crippen LogP contribution in [-0.2, 0) is 21.4 Å². The van der Waals surface area contributed by atoms with Gasteiger partial charge in [-0.05, 0) is 23.5 Å². The Labute approximate surface area is 112 Å². The number of hydrogen-bond donors (Lipinski definition) is 0. The summed E-state index contributed by atoms with van der Waals surface area (Å²) in [5.41, 5.74) is 3.83. The Balaban J connectivity index is 2.38.